The number of nitrogens with zero attached hydrogens (tertiary/aromatic N) is 1. The smallest absolute Gasteiger partial charge is 0.169 e. The van der Waals surface area contributed by atoms with Crippen LogP contribution in [0.1, 0.15) is 31.2 Å². The van der Waals surface area contributed by atoms with E-state index in [4.69, 9.17) is 10.5 Å². The highest BCUT2D eigenvalue weighted by molar-refractivity contribution is 5.31. The van der Waals surface area contributed by atoms with Crippen LogP contribution in [0, 0.1) is 5.82 Å². The first-order chi connectivity index (χ1) is 9.26. The van der Waals surface area contributed by atoms with Crippen molar-refractivity contribution in [1.29, 1.82) is 0 Å². The second kappa shape index (κ2) is 6.87. The zero-order chi connectivity index (χ0) is 13.7. The van der Waals surface area contributed by atoms with Gasteiger partial charge in [-0.05, 0) is 38.4 Å². The van der Waals surface area contributed by atoms with Gasteiger partial charge in [0.1, 0.15) is 0 Å². The van der Waals surface area contributed by atoms with E-state index in [1.54, 1.807) is 6.07 Å². The second-order valence-electron chi connectivity index (χ2n) is 5.13. The first-order valence-electron chi connectivity index (χ1n) is 7.01. The van der Waals surface area contributed by atoms with E-state index in [0.29, 0.717) is 30.4 Å². The fourth-order valence-electron chi connectivity index (χ4n) is 2.49. The van der Waals surface area contributed by atoms with Crippen LogP contribution in [-0.2, 0) is 6.54 Å². The van der Waals surface area contributed by atoms with Gasteiger partial charge in [0, 0.05) is 18.2 Å². The minimum Gasteiger partial charge on any atom is -0.494 e. The summed E-state index contributed by atoms with van der Waals surface area (Å²) >= 11 is 0. The molecular formula is C15H23FN2O. The number of rotatable bonds is 7. The fraction of sp³-hybridized carbons (Fsp3) is 0.600. The normalized spacial score (nSPS) is 15.6. The van der Waals surface area contributed by atoms with E-state index >= 15 is 0 Å². The van der Waals surface area contributed by atoms with Crippen molar-refractivity contribution in [2.24, 2.45) is 5.73 Å². The predicted molar refractivity (Wildman–Crippen MR) is 74.7 cm³/mol. The van der Waals surface area contributed by atoms with E-state index in [0.717, 1.165) is 13.0 Å². The van der Waals surface area contributed by atoms with Crippen LogP contribution in [0.3, 0.4) is 0 Å². The van der Waals surface area contributed by atoms with Crippen molar-refractivity contribution in [3.05, 3.63) is 29.6 Å². The average Bonchev–Trinajstić information content (AvgIpc) is 2.36. The summed E-state index contributed by atoms with van der Waals surface area (Å²) in [7, 11) is 1.50. The number of hydrogen-bond donors (Lipinski definition) is 1. The molecule has 1 saturated carbocycles. The molecule has 0 saturated heterocycles. The van der Waals surface area contributed by atoms with E-state index in [1.165, 1.54) is 26.4 Å². The van der Waals surface area contributed by atoms with E-state index in [1.807, 2.05) is 12.1 Å². The van der Waals surface area contributed by atoms with E-state index in [9.17, 15) is 4.39 Å². The summed E-state index contributed by atoms with van der Waals surface area (Å²) in [4.78, 5) is 2.36. The molecule has 2 rings (SSSR count). The van der Waals surface area contributed by atoms with Crippen LogP contribution in [0.15, 0.2) is 18.2 Å². The van der Waals surface area contributed by atoms with Crippen LogP contribution in [0.2, 0.25) is 0 Å². The maximum Gasteiger partial charge on any atom is 0.169 e. The molecule has 1 aliphatic carbocycles. The summed E-state index contributed by atoms with van der Waals surface area (Å²) < 4.78 is 19.2. The first-order valence-corrected chi connectivity index (χ1v) is 7.01. The summed E-state index contributed by atoms with van der Waals surface area (Å²) in [5.74, 6) is 0.0898. The quantitative estimate of drug-likeness (QED) is 0.824. The van der Waals surface area contributed by atoms with Crippen LogP contribution in [-0.4, -0.2) is 31.1 Å². The molecule has 2 N–H and O–H groups in total. The Morgan fingerprint density at radius 3 is 2.79 bits per heavy atom. The van der Waals surface area contributed by atoms with Crippen molar-refractivity contribution in [1.82, 2.24) is 4.90 Å². The van der Waals surface area contributed by atoms with Gasteiger partial charge in [-0.15, -0.1) is 0 Å². The third-order valence-corrected chi connectivity index (χ3v) is 3.88. The van der Waals surface area contributed by atoms with Crippen molar-refractivity contribution < 1.29 is 9.13 Å². The minimum absolute atomic E-state index is 0.234. The molecule has 0 radical (unpaired) electrons. The lowest BCUT2D eigenvalue weighted by Crippen LogP contribution is -2.40. The summed E-state index contributed by atoms with van der Waals surface area (Å²) in [5, 5.41) is 0. The molecule has 0 unspecified atom stereocenters. The Bertz CT molecular complexity index is 407. The van der Waals surface area contributed by atoms with Gasteiger partial charge in [0.05, 0.1) is 7.11 Å². The number of methoxy groups -OCH3 is 1. The first kappa shape index (κ1) is 14.3. The Labute approximate surface area is 114 Å². The molecule has 0 aliphatic heterocycles. The zero-order valence-electron chi connectivity index (χ0n) is 11.6. The molecule has 19 heavy (non-hydrogen) atoms. The molecule has 3 nitrogen and oxygen atoms in total. The third kappa shape index (κ3) is 3.45. The minimum atomic E-state index is -0.234. The van der Waals surface area contributed by atoms with Crippen LogP contribution >= 0.6 is 0 Å². The topological polar surface area (TPSA) is 38.5 Å². The van der Waals surface area contributed by atoms with Crippen molar-refractivity contribution >= 4 is 0 Å². The summed E-state index contributed by atoms with van der Waals surface area (Å²) in [6.07, 6.45) is 4.68. The van der Waals surface area contributed by atoms with Gasteiger partial charge in [0.2, 0.25) is 0 Å². The van der Waals surface area contributed by atoms with Gasteiger partial charge in [-0.1, -0.05) is 18.6 Å². The van der Waals surface area contributed by atoms with Crippen molar-refractivity contribution in [2.75, 3.05) is 20.2 Å². The number of benzene rings is 1. The van der Waals surface area contributed by atoms with Gasteiger partial charge in [-0.3, -0.25) is 4.90 Å². The number of hydrogen-bond acceptors (Lipinski definition) is 3. The van der Waals surface area contributed by atoms with Crippen molar-refractivity contribution in [2.45, 2.75) is 38.3 Å². The van der Waals surface area contributed by atoms with Crippen LogP contribution in [0.5, 0.6) is 5.75 Å². The molecular weight excluding hydrogens is 243 g/mol. The molecule has 0 heterocycles. The lowest BCUT2D eigenvalue weighted by molar-refractivity contribution is 0.117. The standard InChI is InChI=1S/C15H23FN2O/c1-19-14-8-2-5-12(15(14)16)11-18(10-4-9-17)13-6-3-7-13/h2,5,8,13H,3-4,6-7,9-11,17H2,1H3. The molecule has 0 atom stereocenters. The molecule has 0 aromatic heterocycles. The monoisotopic (exact) mass is 266 g/mol. The molecule has 0 bridgehead atoms. The molecule has 4 heteroatoms. The van der Waals surface area contributed by atoms with Crippen molar-refractivity contribution in [3.8, 4) is 5.75 Å². The Balaban J connectivity index is 2.07. The second-order valence-corrected chi connectivity index (χ2v) is 5.13. The number of nitrogens with two attached hydrogens (primary N) is 1. The van der Waals surface area contributed by atoms with Gasteiger partial charge in [-0.25, -0.2) is 4.39 Å². The molecule has 1 aliphatic rings. The summed E-state index contributed by atoms with van der Waals surface area (Å²) in [5.41, 5.74) is 6.30. The Hall–Kier alpha value is -1.13. The van der Waals surface area contributed by atoms with Crippen LogP contribution < -0.4 is 10.5 Å². The Morgan fingerprint density at radius 2 is 2.21 bits per heavy atom. The van der Waals surface area contributed by atoms with Crippen molar-refractivity contribution in [3.63, 3.8) is 0 Å². The van der Waals surface area contributed by atoms with Gasteiger partial charge >= 0.3 is 0 Å². The largest absolute Gasteiger partial charge is 0.494 e. The highest BCUT2D eigenvalue weighted by Crippen LogP contribution is 2.28. The molecule has 1 aromatic rings. The fourth-order valence-corrected chi connectivity index (χ4v) is 2.49. The highest BCUT2D eigenvalue weighted by Gasteiger charge is 2.25. The summed E-state index contributed by atoms with van der Waals surface area (Å²) in [6, 6.07) is 5.94. The maximum absolute atomic E-state index is 14.2. The summed E-state index contributed by atoms with van der Waals surface area (Å²) in [6.45, 7) is 2.27. The highest BCUT2D eigenvalue weighted by atomic mass is 19.1. The molecule has 1 aromatic carbocycles. The average molecular weight is 266 g/mol. The van der Waals surface area contributed by atoms with Crippen LogP contribution in [0.4, 0.5) is 4.39 Å². The number of ether oxygens (including phenoxy) is 1. The van der Waals surface area contributed by atoms with Gasteiger partial charge in [0.25, 0.3) is 0 Å². The van der Waals surface area contributed by atoms with Gasteiger partial charge < -0.3 is 10.5 Å². The van der Waals surface area contributed by atoms with E-state index in [2.05, 4.69) is 4.90 Å². The van der Waals surface area contributed by atoms with E-state index < -0.39 is 0 Å². The lowest BCUT2D eigenvalue weighted by atomic mass is 9.91. The Kier molecular flexibility index (Phi) is 5.16. The number of halogens is 1. The lowest BCUT2D eigenvalue weighted by Gasteiger charge is -2.37. The van der Waals surface area contributed by atoms with Crippen LogP contribution in [0.25, 0.3) is 0 Å². The predicted octanol–water partition coefficient (Wildman–Crippen LogP) is 2.54. The van der Waals surface area contributed by atoms with Gasteiger partial charge in [0.15, 0.2) is 11.6 Å². The SMILES string of the molecule is COc1cccc(CN(CCCN)C2CCC2)c1F. The maximum atomic E-state index is 14.2. The van der Waals surface area contributed by atoms with E-state index in [-0.39, 0.29) is 5.82 Å². The molecule has 0 spiro atoms. The molecule has 106 valence electrons. The van der Waals surface area contributed by atoms with Gasteiger partial charge in [-0.2, -0.15) is 0 Å². The molecule has 1 fully saturated rings. The Morgan fingerprint density at radius 1 is 1.42 bits per heavy atom. The zero-order valence-corrected chi connectivity index (χ0v) is 11.6. The third-order valence-electron chi connectivity index (χ3n) is 3.88. The molecule has 0 amide bonds.